The first kappa shape index (κ1) is 17.0. The van der Waals surface area contributed by atoms with Crippen LogP contribution in [0.15, 0.2) is 47.4 Å². The number of ether oxygens (including phenoxy) is 3. The summed E-state index contributed by atoms with van der Waals surface area (Å²) in [6, 6.07) is 10.6. The van der Waals surface area contributed by atoms with Crippen molar-refractivity contribution in [1.82, 2.24) is 4.57 Å². The van der Waals surface area contributed by atoms with Gasteiger partial charge in [-0.2, -0.15) is 0 Å². The minimum Gasteiger partial charge on any atom is -0.495 e. The van der Waals surface area contributed by atoms with Gasteiger partial charge in [-0.05, 0) is 29.8 Å². The lowest BCUT2D eigenvalue weighted by Gasteiger charge is -2.14. The van der Waals surface area contributed by atoms with Crippen LogP contribution in [0.3, 0.4) is 0 Å². The molecule has 0 radical (unpaired) electrons. The molecule has 3 aromatic rings. The van der Waals surface area contributed by atoms with Crippen LogP contribution >= 0.6 is 0 Å². The Hall–Kier alpha value is -3.48. The third-order valence-corrected chi connectivity index (χ3v) is 4.49. The van der Waals surface area contributed by atoms with E-state index in [1.165, 1.54) is 7.11 Å². The standard InChI is InChI=1S/C20H17NO6/c1-25-16-4-2-3-14-19(16)21(10-18(22)23)9-13(20(14)24)7-12-5-6-15-17(8-12)27-11-26-15/h2-6,8-9H,7,10-11H2,1H3,(H,22,23). The van der Waals surface area contributed by atoms with Crippen LogP contribution in [0.5, 0.6) is 17.2 Å². The molecule has 7 nitrogen and oxygen atoms in total. The zero-order valence-corrected chi connectivity index (χ0v) is 14.6. The number of nitrogens with zero attached hydrogens (tertiary/aromatic N) is 1. The summed E-state index contributed by atoms with van der Waals surface area (Å²) in [5.74, 6) is 0.770. The first-order valence-corrected chi connectivity index (χ1v) is 8.36. The molecule has 138 valence electrons. The molecule has 0 atom stereocenters. The van der Waals surface area contributed by atoms with E-state index in [1.54, 1.807) is 35.0 Å². The molecule has 0 bridgehead atoms. The zero-order chi connectivity index (χ0) is 19.0. The number of hydrogen-bond donors (Lipinski definition) is 1. The Balaban J connectivity index is 1.84. The van der Waals surface area contributed by atoms with Crippen LogP contribution in [0.25, 0.3) is 10.9 Å². The molecule has 2 heterocycles. The molecule has 0 spiro atoms. The summed E-state index contributed by atoms with van der Waals surface area (Å²) in [6.07, 6.45) is 1.94. The third-order valence-electron chi connectivity index (χ3n) is 4.49. The molecular weight excluding hydrogens is 350 g/mol. The molecule has 7 heteroatoms. The Bertz CT molecular complexity index is 1100. The monoisotopic (exact) mass is 367 g/mol. The number of benzene rings is 2. The number of methoxy groups -OCH3 is 1. The van der Waals surface area contributed by atoms with Crippen molar-refractivity contribution in [2.45, 2.75) is 13.0 Å². The molecular formula is C20H17NO6. The van der Waals surface area contributed by atoms with E-state index in [9.17, 15) is 14.7 Å². The van der Waals surface area contributed by atoms with Crippen LogP contribution in [0.1, 0.15) is 11.1 Å². The van der Waals surface area contributed by atoms with Gasteiger partial charge in [0.15, 0.2) is 16.9 Å². The topological polar surface area (TPSA) is 87.0 Å². The van der Waals surface area contributed by atoms with Crippen LogP contribution in [0, 0.1) is 0 Å². The van der Waals surface area contributed by atoms with Gasteiger partial charge >= 0.3 is 5.97 Å². The second kappa shape index (κ2) is 6.68. The second-order valence-corrected chi connectivity index (χ2v) is 6.23. The van der Waals surface area contributed by atoms with Gasteiger partial charge in [-0.15, -0.1) is 0 Å². The lowest BCUT2D eigenvalue weighted by atomic mass is 10.0. The molecule has 0 fully saturated rings. The van der Waals surface area contributed by atoms with Crippen LogP contribution in [-0.4, -0.2) is 29.5 Å². The van der Waals surface area contributed by atoms with Gasteiger partial charge in [0.05, 0.1) is 12.6 Å². The molecule has 27 heavy (non-hydrogen) atoms. The van der Waals surface area contributed by atoms with Crippen molar-refractivity contribution >= 4 is 16.9 Å². The van der Waals surface area contributed by atoms with Gasteiger partial charge in [0, 0.05) is 23.6 Å². The Kier molecular flexibility index (Phi) is 4.19. The van der Waals surface area contributed by atoms with Gasteiger partial charge in [-0.3, -0.25) is 9.59 Å². The second-order valence-electron chi connectivity index (χ2n) is 6.23. The average Bonchev–Trinajstić information content (AvgIpc) is 3.12. The summed E-state index contributed by atoms with van der Waals surface area (Å²) in [5.41, 5.74) is 1.70. The fraction of sp³-hybridized carbons (Fsp3) is 0.200. The van der Waals surface area contributed by atoms with Crippen molar-refractivity contribution in [3.05, 3.63) is 63.9 Å². The number of carboxylic acids is 1. The summed E-state index contributed by atoms with van der Waals surface area (Å²) in [7, 11) is 1.49. The maximum absolute atomic E-state index is 13.0. The predicted molar refractivity (Wildman–Crippen MR) is 97.8 cm³/mol. The van der Waals surface area contributed by atoms with Crippen molar-refractivity contribution in [2.75, 3.05) is 13.9 Å². The molecule has 1 N–H and O–H groups in total. The van der Waals surface area contributed by atoms with Crippen LogP contribution in [0.4, 0.5) is 0 Å². The molecule has 0 unspecified atom stereocenters. The number of carboxylic acid groups (broad SMARTS) is 1. The van der Waals surface area contributed by atoms with Gasteiger partial charge < -0.3 is 23.9 Å². The highest BCUT2D eigenvalue weighted by Crippen LogP contribution is 2.33. The van der Waals surface area contributed by atoms with Crippen molar-refractivity contribution in [2.24, 2.45) is 0 Å². The van der Waals surface area contributed by atoms with Crippen LogP contribution in [-0.2, 0) is 17.8 Å². The maximum atomic E-state index is 13.0. The van der Waals surface area contributed by atoms with E-state index in [1.807, 2.05) is 12.1 Å². The lowest BCUT2D eigenvalue weighted by Crippen LogP contribution is -2.18. The summed E-state index contributed by atoms with van der Waals surface area (Å²) in [4.78, 5) is 24.3. The molecule has 2 aromatic carbocycles. The van der Waals surface area contributed by atoms with E-state index in [0.29, 0.717) is 40.1 Å². The SMILES string of the molecule is COc1cccc2c(=O)c(Cc3ccc4c(c3)OCO4)cn(CC(=O)O)c12. The van der Waals surface area contributed by atoms with Gasteiger partial charge in [0.2, 0.25) is 6.79 Å². The molecule has 0 saturated carbocycles. The van der Waals surface area contributed by atoms with E-state index >= 15 is 0 Å². The van der Waals surface area contributed by atoms with E-state index in [0.717, 1.165) is 5.56 Å². The number of aliphatic carboxylic acids is 1. The number of hydrogen-bond acceptors (Lipinski definition) is 5. The highest BCUT2D eigenvalue weighted by molar-refractivity contribution is 5.86. The predicted octanol–water partition coefficient (Wildman–Crippen LogP) is 2.41. The quantitative estimate of drug-likeness (QED) is 0.745. The van der Waals surface area contributed by atoms with E-state index in [2.05, 4.69) is 0 Å². The lowest BCUT2D eigenvalue weighted by molar-refractivity contribution is -0.137. The minimum atomic E-state index is -1.00. The van der Waals surface area contributed by atoms with E-state index in [-0.39, 0.29) is 18.8 Å². The fourth-order valence-electron chi connectivity index (χ4n) is 3.32. The molecule has 1 aliphatic heterocycles. The first-order chi connectivity index (χ1) is 13.1. The molecule has 4 rings (SSSR count). The fourth-order valence-corrected chi connectivity index (χ4v) is 3.32. The average molecular weight is 367 g/mol. The smallest absolute Gasteiger partial charge is 0.323 e. The summed E-state index contributed by atoms with van der Waals surface area (Å²) >= 11 is 0. The van der Waals surface area contributed by atoms with Gasteiger partial charge in [0.1, 0.15) is 12.3 Å². The van der Waals surface area contributed by atoms with Gasteiger partial charge in [-0.25, -0.2) is 0 Å². The summed E-state index contributed by atoms with van der Waals surface area (Å²) in [5, 5.41) is 9.70. The molecule has 0 amide bonds. The highest BCUT2D eigenvalue weighted by Gasteiger charge is 2.17. The Morgan fingerprint density at radius 3 is 2.81 bits per heavy atom. The number of pyridine rings is 1. The normalized spacial score (nSPS) is 12.3. The number of carbonyl (C=O) groups is 1. The molecule has 0 saturated heterocycles. The highest BCUT2D eigenvalue weighted by atomic mass is 16.7. The zero-order valence-electron chi connectivity index (χ0n) is 14.6. The summed E-state index contributed by atoms with van der Waals surface area (Å²) < 4.78 is 17.6. The molecule has 1 aliphatic rings. The van der Waals surface area contributed by atoms with Crippen LogP contribution < -0.4 is 19.6 Å². The largest absolute Gasteiger partial charge is 0.495 e. The van der Waals surface area contributed by atoms with Crippen molar-refractivity contribution in [3.63, 3.8) is 0 Å². The number of aromatic nitrogens is 1. The van der Waals surface area contributed by atoms with E-state index in [4.69, 9.17) is 14.2 Å². The maximum Gasteiger partial charge on any atom is 0.323 e. The van der Waals surface area contributed by atoms with Crippen molar-refractivity contribution < 1.29 is 24.1 Å². The minimum absolute atomic E-state index is 0.150. The Morgan fingerprint density at radius 1 is 1.22 bits per heavy atom. The Labute approximate surface area is 154 Å². The third kappa shape index (κ3) is 3.08. The molecule has 0 aliphatic carbocycles. The number of rotatable bonds is 5. The first-order valence-electron chi connectivity index (χ1n) is 8.36. The van der Waals surface area contributed by atoms with Gasteiger partial charge in [0.25, 0.3) is 0 Å². The number of para-hydroxylation sites is 1. The van der Waals surface area contributed by atoms with Crippen LogP contribution in [0.2, 0.25) is 0 Å². The Morgan fingerprint density at radius 2 is 2.04 bits per heavy atom. The van der Waals surface area contributed by atoms with Crippen molar-refractivity contribution in [3.8, 4) is 17.2 Å². The van der Waals surface area contributed by atoms with E-state index < -0.39 is 5.97 Å². The number of fused-ring (bicyclic) bond motifs is 2. The van der Waals surface area contributed by atoms with Gasteiger partial charge in [-0.1, -0.05) is 12.1 Å². The van der Waals surface area contributed by atoms with Crippen molar-refractivity contribution in [1.29, 1.82) is 0 Å². The molecule has 1 aromatic heterocycles. The summed E-state index contributed by atoms with van der Waals surface area (Å²) in [6.45, 7) is -0.0920.